The molecule has 1 aromatic carbocycles. The van der Waals surface area contributed by atoms with Crippen LogP contribution in [0.25, 0.3) is 5.69 Å². The molecule has 0 bridgehead atoms. The van der Waals surface area contributed by atoms with Crippen molar-refractivity contribution in [3.8, 4) is 5.69 Å². The first-order valence-corrected chi connectivity index (χ1v) is 7.55. The summed E-state index contributed by atoms with van der Waals surface area (Å²) < 4.78 is 1.56. The Morgan fingerprint density at radius 3 is 2.61 bits per heavy atom. The first-order valence-electron chi connectivity index (χ1n) is 7.55. The lowest BCUT2D eigenvalue weighted by atomic mass is 10.2. The highest BCUT2D eigenvalue weighted by molar-refractivity contribution is 5.91. The van der Waals surface area contributed by atoms with Crippen molar-refractivity contribution in [3.05, 3.63) is 41.7 Å². The highest BCUT2D eigenvalue weighted by Gasteiger charge is 2.10. The van der Waals surface area contributed by atoms with E-state index in [1.54, 1.807) is 10.9 Å². The lowest BCUT2D eigenvalue weighted by Crippen LogP contribution is -2.24. The zero-order chi connectivity index (χ0) is 16.7. The van der Waals surface area contributed by atoms with Gasteiger partial charge in [-0.05, 0) is 31.9 Å². The smallest absolute Gasteiger partial charge is 0.303 e. The molecule has 0 saturated heterocycles. The molecule has 1 aromatic heterocycles. The molecule has 0 unspecified atom stereocenters. The van der Waals surface area contributed by atoms with Gasteiger partial charge in [0.25, 0.3) is 5.91 Å². The van der Waals surface area contributed by atoms with Gasteiger partial charge in [-0.2, -0.15) is 0 Å². The van der Waals surface area contributed by atoms with Crippen molar-refractivity contribution in [1.29, 1.82) is 0 Å². The molecule has 2 aromatic rings. The van der Waals surface area contributed by atoms with Crippen LogP contribution in [0.15, 0.2) is 30.5 Å². The largest absolute Gasteiger partial charge is 0.481 e. The molecule has 0 aliphatic carbocycles. The van der Waals surface area contributed by atoms with Crippen molar-refractivity contribution < 1.29 is 14.7 Å². The molecule has 0 spiro atoms. The number of carboxylic acid groups (broad SMARTS) is 1. The number of hydrogen-bond acceptors (Lipinski definition) is 4. The van der Waals surface area contributed by atoms with Gasteiger partial charge in [0.05, 0.1) is 11.9 Å². The maximum Gasteiger partial charge on any atom is 0.303 e. The summed E-state index contributed by atoms with van der Waals surface area (Å²) in [6.07, 6.45) is 3.88. The predicted molar refractivity (Wildman–Crippen MR) is 84.5 cm³/mol. The van der Waals surface area contributed by atoms with Crippen molar-refractivity contribution >= 4 is 11.9 Å². The average molecular weight is 316 g/mol. The van der Waals surface area contributed by atoms with Crippen LogP contribution in [0.5, 0.6) is 0 Å². The van der Waals surface area contributed by atoms with E-state index in [0.29, 0.717) is 13.0 Å². The van der Waals surface area contributed by atoms with Gasteiger partial charge in [-0.1, -0.05) is 29.3 Å². The highest BCUT2D eigenvalue weighted by Crippen LogP contribution is 2.08. The van der Waals surface area contributed by atoms with E-state index in [0.717, 1.165) is 24.1 Å². The summed E-state index contributed by atoms with van der Waals surface area (Å²) in [4.78, 5) is 22.3. The van der Waals surface area contributed by atoms with E-state index in [1.165, 1.54) is 0 Å². The molecule has 0 atom stereocenters. The van der Waals surface area contributed by atoms with Crippen molar-refractivity contribution in [2.24, 2.45) is 0 Å². The third-order valence-corrected chi connectivity index (χ3v) is 3.38. The molecule has 2 N–H and O–H groups in total. The first kappa shape index (κ1) is 16.7. The number of carbonyl (C=O) groups is 2. The standard InChI is InChI=1S/C16H20N4O3/c1-12-6-8-13(9-7-12)20-11-14(18-19-20)16(23)17-10-4-2-3-5-15(21)22/h6-9,11H,2-5,10H2,1H3,(H,17,23)(H,21,22). The normalized spacial score (nSPS) is 10.5. The molecular formula is C16H20N4O3. The fourth-order valence-corrected chi connectivity index (χ4v) is 2.06. The molecule has 1 amide bonds. The fraction of sp³-hybridized carbons (Fsp3) is 0.375. The molecule has 23 heavy (non-hydrogen) atoms. The van der Waals surface area contributed by atoms with Crippen molar-refractivity contribution in [1.82, 2.24) is 20.3 Å². The maximum atomic E-state index is 12.0. The summed E-state index contributed by atoms with van der Waals surface area (Å²) in [5, 5.41) is 19.1. The number of rotatable bonds is 8. The third-order valence-electron chi connectivity index (χ3n) is 3.38. The summed E-state index contributed by atoms with van der Waals surface area (Å²) in [5.41, 5.74) is 2.25. The monoisotopic (exact) mass is 316 g/mol. The molecule has 1 heterocycles. The number of aryl methyl sites for hydroxylation is 1. The number of aromatic nitrogens is 3. The van der Waals surface area contributed by atoms with Gasteiger partial charge in [0.1, 0.15) is 0 Å². The number of carbonyl (C=O) groups excluding carboxylic acids is 1. The maximum absolute atomic E-state index is 12.0. The van der Waals surface area contributed by atoms with Gasteiger partial charge in [-0.15, -0.1) is 5.10 Å². The second-order valence-corrected chi connectivity index (χ2v) is 5.34. The minimum Gasteiger partial charge on any atom is -0.481 e. The second kappa shape index (κ2) is 8.07. The van der Waals surface area contributed by atoms with E-state index in [-0.39, 0.29) is 18.0 Å². The summed E-state index contributed by atoms with van der Waals surface area (Å²) in [6, 6.07) is 7.75. The van der Waals surface area contributed by atoms with Crippen molar-refractivity contribution in [2.75, 3.05) is 6.54 Å². The predicted octanol–water partition coefficient (Wildman–Crippen LogP) is 1.95. The average Bonchev–Trinajstić information content (AvgIpc) is 3.01. The summed E-state index contributed by atoms with van der Waals surface area (Å²) in [5.74, 6) is -1.07. The molecule has 0 saturated carbocycles. The van der Waals surface area contributed by atoms with Crippen LogP contribution in [0.2, 0.25) is 0 Å². The molecule has 0 aliphatic heterocycles. The Morgan fingerprint density at radius 2 is 1.91 bits per heavy atom. The molecule has 0 fully saturated rings. The van der Waals surface area contributed by atoms with E-state index in [1.807, 2.05) is 31.2 Å². The van der Waals surface area contributed by atoms with E-state index in [9.17, 15) is 9.59 Å². The second-order valence-electron chi connectivity index (χ2n) is 5.34. The quantitative estimate of drug-likeness (QED) is 0.726. The zero-order valence-corrected chi connectivity index (χ0v) is 13.0. The number of nitrogens with one attached hydrogen (secondary N) is 1. The molecule has 0 radical (unpaired) electrons. The van der Waals surface area contributed by atoms with Gasteiger partial charge in [0.2, 0.25) is 0 Å². The van der Waals surface area contributed by atoms with E-state index < -0.39 is 5.97 Å². The SMILES string of the molecule is Cc1ccc(-n2cc(C(=O)NCCCCCC(=O)O)nn2)cc1. The number of carboxylic acids is 1. The molecule has 122 valence electrons. The zero-order valence-electron chi connectivity index (χ0n) is 13.0. The number of benzene rings is 1. The molecule has 7 nitrogen and oxygen atoms in total. The fourth-order valence-electron chi connectivity index (χ4n) is 2.06. The van der Waals surface area contributed by atoms with E-state index in [2.05, 4.69) is 15.6 Å². The topological polar surface area (TPSA) is 97.1 Å². The molecule has 2 rings (SSSR count). The molecular weight excluding hydrogens is 296 g/mol. The lowest BCUT2D eigenvalue weighted by molar-refractivity contribution is -0.137. The van der Waals surface area contributed by atoms with Gasteiger partial charge < -0.3 is 10.4 Å². The van der Waals surface area contributed by atoms with Gasteiger partial charge in [0, 0.05) is 13.0 Å². The number of unbranched alkanes of at least 4 members (excludes halogenated alkanes) is 2. The van der Waals surface area contributed by atoms with Crippen LogP contribution in [-0.4, -0.2) is 38.5 Å². The first-order chi connectivity index (χ1) is 11.1. The van der Waals surface area contributed by atoms with Gasteiger partial charge in [-0.25, -0.2) is 4.68 Å². The Bertz CT molecular complexity index is 664. The molecule has 7 heteroatoms. The van der Waals surface area contributed by atoms with Crippen LogP contribution in [0.4, 0.5) is 0 Å². The van der Waals surface area contributed by atoms with E-state index >= 15 is 0 Å². The lowest BCUT2D eigenvalue weighted by Gasteiger charge is -2.02. The Hall–Kier alpha value is -2.70. The van der Waals surface area contributed by atoms with Gasteiger partial charge in [-0.3, -0.25) is 9.59 Å². The highest BCUT2D eigenvalue weighted by atomic mass is 16.4. The van der Waals surface area contributed by atoms with Crippen molar-refractivity contribution in [2.45, 2.75) is 32.6 Å². The van der Waals surface area contributed by atoms with Gasteiger partial charge in [0.15, 0.2) is 5.69 Å². The Labute approximate surface area is 134 Å². The third kappa shape index (κ3) is 5.21. The van der Waals surface area contributed by atoms with Crippen LogP contribution in [0, 0.1) is 6.92 Å². The minimum atomic E-state index is -0.790. The van der Waals surface area contributed by atoms with Crippen LogP contribution in [0.3, 0.4) is 0 Å². The number of aliphatic carboxylic acids is 1. The number of nitrogens with zero attached hydrogens (tertiary/aromatic N) is 3. The Balaban J connectivity index is 1.79. The number of amides is 1. The van der Waals surface area contributed by atoms with Crippen LogP contribution in [0.1, 0.15) is 41.7 Å². The van der Waals surface area contributed by atoms with Gasteiger partial charge >= 0.3 is 5.97 Å². The minimum absolute atomic E-state index is 0.165. The summed E-state index contributed by atoms with van der Waals surface area (Å²) in [7, 11) is 0. The molecule has 0 aliphatic rings. The Morgan fingerprint density at radius 1 is 1.17 bits per heavy atom. The number of hydrogen-bond donors (Lipinski definition) is 2. The summed E-state index contributed by atoms with van der Waals surface area (Å²) >= 11 is 0. The van der Waals surface area contributed by atoms with Crippen molar-refractivity contribution in [3.63, 3.8) is 0 Å². The summed E-state index contributed by atoms with van der Waals surface area (Å²) in [6.45, 7) is 2.50. The van der Waals surface area contributed by atoms with Crippen LogP contribution >= 0.6 is 0 Å². The van der Waals surface area contributed by atoms with E-state index in [4.69, 9.17) is 5.11 Å². The Kier molecular flexibility index (Phi) is 5.85. The van der Waals surface area contributed by atoms with Crippen LogP contribution < -0.4 is 5.32 Å². The van der Waals surface area contributed by atoms with Crippen LogP contribution in [-0.2, 0) is 4.79 Å².